The van der Waals surface area contributed by atoms with Gasteiger partial charge in [0.2, 0.25) is 0 Å². The molecule has 1 atom stereocenters. The molecule has 5 heteroatoms. The number of hydrogen-bond donors (Lipinski definition) is 0. The first-order chi connectivity index (χ1) is 12.6. The molecule has 1 aliphatic rings. The lowest BCUT2D eigenvalue weighted by molar-refractivity contribution is -0.141. The zero-order chi connectivity index (χ0) is 18.7. The summed E-state index contributed by atoms with van der Waals surface area (Å²) in [6, 6.07) is 12.4. The molecule has 5 nitrogen and oxygen atoms in total. The summed E-state index contributed by atoms with van der Waals surface area (Å²) in [5, 5.41) is 0. The number of ether oxygens (including phenoxy) is 3. The minimum atomic E-state index is -0.890. The number of ketones is 1. The molecule has 0 aliphatic heterocycles. The van der Waals surface area contributed by atoms with Crippen molar-refractivity contribution in [2.24, 2.45) is 0 Å². The molecule has 0 spiro atoms. The first kappa shape index (κ1) is 18.0. The lowest BCUT2D eigenvalue weighted by Crippen LogP contribution is -2.43. The second kappa shape index (κ2) is 7.20. The van der Waals surface area contributed by atoms with Crippen LogP contribution >= 0.6 is 0 Å². The second-order valence-electron chi connectivity index (χ2n) is 6.31. The molecule has 136 valence electrons. The van der Waals surface area contributed by atoms with E-state index in [2.05, 4.69) is 0 Å². The van der Waals surface area contributed by atoms with Crippen LogP contribution in [0.1, 0.15) is 42.1 Å². The molecule has 0 saturated carbocycles. The number of rotatable bonds is 5. The maximum atomic E-state index is 13.1. The Morgan fingerprint density at radius 1 is 1.08 bits per heavy atom. The van der Waals surface area contributed by atoms with Crippen molar-refractivity contribution in [1.29, 1.82) is 0 Å². The molecule has 0 radical (unpaired) electrons. The Morgan fingerprint density at radius 3 is 2.35 bits per heavy atom. The Balaban J connectivity index is 2.10. The quantitative estimate of drug-likeness (QED) is 0.601. The lowest BCUT2D eigenvalue weighted by atomic mass is 9.67. The summed E-state index contributed by atoms with van der Waals surface area (Å²) in [7, 11) is 3.05. The average Bonchev–Trinajstić information content (AvgIpc) is 2.68. The minimum Gasteiger partial charge on any atom is -0.493 e. The highest BCUT2D eigenvalue weighted by Crippen LogP contribution is 2.45. The van der Waals surface area contributed by atoms with Crippen LogP contribution in [0.3, 0.4) is 0 Å². The fourth-order valence-electron chi connectivity index (χ4n) is 3.52. The number of para-hydroxylation sites is 1. The van der Waals surface area contributed by atoms with E-state index >= 15 is 0 Å². The number of carbonyl (C=O) groups is 2. The van der Waals surface area contributed by atoms with E-state index in [4.69, 9.17) is 14.2 Å². The maximum absolute atomic E-state index is 13.1. The summed E-state index contributed by atoms with van der Waals surface area (Å²) in [5.41, 5.74) is 0.258. The van der Waals surface area contributed by atoms with E-state index < -0.39 is 5.41 Å². The van der Waals surface area contributed by atoms with Gasteiger partial charge < -0.3 is 14.2 Å². The van der Waals surface area contributed by atoms with Crippen molar-refractivity contribution in [3.8, 4) is 17.2 Å². The van der Waals surface area contributed by atoms with Crippen LogP contribution in [0, 0.1) is 0 Å². The van der Waals surface area contributed by atoms with Crippen molar-refractivity contribution in [3.63, 3.8) is 0 Å². The molecule has 0 N–H and O–H groups in total. The van der Waals surface area contributed by atoms with Gasteiger partial charge in [0.1, 0.15) is 5.75 Å². The van der Waals surface area contributed by atoms with E-state index in [0.29, 0.717) is 47.6 Å². The molecule has 1 aliphatic carbocycles. The predicted molar refractivity (Wildman–Crippen MR) is 97.2 cm³/mol. The van der Waals surface area contributed by atoms with Crippen LogP contribution in [-0.2, 0) is 10.2 Å². The highest BCUT2D eigenvalue weighted by molar-refractivity contribution is 6.03. The van der Waals surface area contributed by atoms with E-state index in [9.17, 15) is 9.59 Å². The van der Waals surface area contributed by atoms with Gasteiger partial charge in [-0.2, -0.15) is 0 Å². The second-order valence-corrected chi connectivity index (χ2v) is 6.31. The number of fused-ring (bicyclic) bond motifs is 1. The molecule has 0 amide bonds. The van der Waals surface area contributed by atoms with Crippen LogP contribution in [0.15, 0.2) is 42.5 Å². The fraction of sp³-hybridized carbons (Fsp3) is 0.333. The van der Waals surface area contributed by atoms with Crippen molar-refractivity contribution in [2.45, 2.75) is 31.6 Å². The molecule has 2 aromatic carbocycles. The van der Waals surface area contributed by atoms with E-state index in [1.54, 1.807) is 24.3 Å². The van der Waals surface area contributed by atoms with Gasteiger partial charge >= 0.3 is 5.97 Å². The van der Waals surface area contributed by atoms with E-state index in [1.165, 1.54) is 14.2 Å². The van der Waals surface area contributed by atoms with E-state index in [1.807, 2.05) is 25.1 Å². The summed E-state index contributed by atoms with van der Waals surface area (Å²) < 4.78 is 16.3. The van der Waals surface area contributed by atoms with Gasteiger partial charge in [0.25, 0.3) is 0 Å². The number of methoxy groups -OCH3 is 2. The minimum absolute atomic E-state index is 0.00228. The van der Waals surface area contributed by atoms with Crippen molar-refractivity contribution in [3.05, 3.63) is 53.6 Å². The zero-order valence-electron chi connectivity index (χ0n) is 15.2. The number of esters is 1. The van der Waals surface area contributed by atoms with E-state index in [-0.39, 0.29) is 11.8 Å². The van der Waals surface area contributed by atoms with Crippen LogP contribution in [0.4, 0.5) is 0 Å². The molecule has 0 bridgehead atoms. The standard InChI is InChI=1S/C21H22O5/c1-4-21(20(23)26-14-8-6-5-7-9-14)11-10-17(22)15-12-18(24-2)19(25-3)13-16(15)21/h5-9,12-13H,4,10-11H2,1-3H3. The molecule has 0 saturated heterocycles. The van der Waals surface area contributed by atoms with Gasteiger partial charge in [0.05, 0.1) is 19.6 Å². The Morgan fingerprint density at radius 2 is 1.73 bits per heavy atom. The maximum Gasteiger partial charge on any atom is 0.321 e. The highest BCUT2D eigenvalue weighted by atomic mass is 16.5. The van der Waals surface area contributed by atoms with Crippen LogP contribution in [0.2, 0.25) is 0 Å². The summed E-state index contributed by atoms with van der Waals surface area (Å²) in [6.45, 7) is 1.93. The van der Waals surface area contributed by atoms with Gasteiger partial charge in [0.15, 0.2) is 17.3 Å². The van der Waals surface area contributed by atoms with Crippen LogP contribution in [0.25, 0.3) is 0 Å². The van der Waals surface area contributed by atoms with Gasteiger partial charge in [-0.3, -0.25) is 9.59 Å². The van der Waals surface area contributed by atoms with Crippen molar-refractivity contribution in [2.75, 3.05) is 14.2 Å². The van der Waals surface area contributed by atoms with E-state index in [0.717, 1.165) is 0 Å². The third-order valence-electron chi connectivity index (χ3n) is 5.07. The summed E-state index contributed by atoms with van der Waals surface area (Å²) in [4.78, 5) is 25.6. The van der Waals surface area contributed by atoms with Crippen LogP contribution in [0.5, 0.6) is 17.2 Å². The Hall–Kier alpha value is -2.82. The molecule has 3 rings (SSSR count). The van der Waals surface area contributed by atoms with Gasteiger partial charge in [-0.25, -0.2) is 0 Å². The van der Waals surface area contributed by atoms with Gasteiger partial charge in [0, 0.05) is 12.0 Å². The summed E-state index contributed by atoms with van der Waals surface area (Å²) >= 11 is 0. The number of carbonyl (C=O) groups excluding carboxylic acids is 2. The highest BCUT2D eigenvalue weighted by Gasteiger charge is 2.46. The monoisotopic (exact) mass is 354 g/mol. The molecular weight excluding hydrogens is 332 g/mol. The Bertz CT molecular complexity index is 828. The summed E-state index contributed by atoms with van der Waals surface area (Å²) in [6.07, 6.45) is 1.23. The molecule has 0 fully saturated rings. The predicted octanol–water partition coefficient (Wildman–Crippen LogP) is 3.93. The molecule has 1 unspecified atom stereocenters. The fourth-order valence-corrected chi connectivity index (χ4v) is 3.52. The molecule has 26 heavy (non-hydrogen) atoms. The zero-order valence-corrected chi connectivity index (χ0v) is 15.2. The lowest BCUT2D eigenvalue weighted by Gasteiger charge is -2.36. The Labute approximate surface area is 152 Å². The van der Waals surface area contributed by atoms with Gasteiger partial charge in [-0.05, 0) is 42.7 Å². The SMILES string of the molecule is CCC1(C(=O)Oc2ccccc2)CCC(=O)c2cc(OC)c(OC)cc21. The van der Waals surface area contributed by atoms with Crippen molar-refractivity contribution < 1.29 is 23.8 Å². The average molecular weight is 354 g/mol. The summed E-state index contributed by atoms with van der Waals surface area (Å²) in [5.74, 6) is 1.10. The van der Waals surface area contributed by atoms with Gasteiger partial charge in [-0.1, -0.05) is 25.1 Å². The normalized spacial score (nSPS) is 18.8. The molecule has 0 aromatic heterocycles. The number of benzene rings is 2. The largest absolute Gasteiger partial charge is 0.493 e. The smallest absolute Gasteiger partial charge is 0.321 e. The Kier molecular flexibility index (Phi) is 4.98. The molecular formula is C21H22O5. The number of Topliss-reactive ketones (excluding diaryl/α,β-unsaturated/α-hetero) is 1. The van der Waals surface area contributed by atoms with Crippen molar-refractivity contribution in [1.82, 2.24) is 0 Å². The van der Waals surface area contributed by atoms with Crippen LogP contribution in [-0.4, -0.2) is 26.0 Å². The topological polar surface area (TPSA) is 61.8 Å². The molecule has 0 heterocycles. The number of hydrogen-bond acceptors (Lipinski definition) is 5. The van der Waals surface area contributed by atoms with Crippen LogP contribution < -0.4 is 14.2 Å². The third-order valence-corrected chi connectivity index (χ3v) is 5.07. The van der Waals surface area contributed by atoms with Crippen molar-refractivity contribution >= 4 is 11.8 Å². The first-order valence-electron chi connectivity index (χ1n) is 8.62. The first-order valence-corrected chi connectivity index (χ1v) is 8.62. The third kappa shape index (κ3) is 2.94. The molecule has 2 aromatic rings. The van der Waals surface area contributed by atoms with Gasteiger partial charge in [-0.15, -0.1) is 0 Å².